The highest BCUT2D eigenvalue weighted by Crippen LogP contribution is 2.37. The van der Waals surface area contributed by atoms with E-state index in [4.69, 9.17) is 20.1 Å². The van der Waals surface area contributed by atoms with Gasteiger partial charge in [-0.05, 0) is 13.8 Å². The van der Waals surface area contributed by atoms with Gasteiger partial charge in [-0.3, -0.25) is 4.79 Å². The summed E-state index contributed by atoms with van der Waals surface area (Å²) in [6, 6.07) is 3.60. The lowest BCUT2D eigenvalue weighted by molar-refractivity contribution is -0.170. The van der Waals surface area contributed by atoms with Gasteiger partial charge < -0.3 is 14.5 Å². The molecule has 0 fully saturated rings. The molecule has 0 aromatic rings. The first kappa shape index (κ1) is 13.8. The van der Waals surface area contributed by atoms with Gasteiger partial charge in [0.25, 0.3) is 0 Å². The normalized spacial score (nSPS) is 21.4. The first-order valence-electron chi connectivity index (χ1n) is 5.24. The Bertz CT molecular complexity index is 448. The molecule has 0 bridgehead atoms. The van der Waals surface area contributed by atoms with Crippen LogP contribution in [0.25, 0.3) is 0 Å². The molecule has 96 valence electrons. The molecule has 1 heterocycles. The molecule has 7 heteroatoms. The lowest BCUT2D eigenvalue weighted by atomic mass is 9.76. The van der Waals surface area contributed by atoms with Gasteiger partial charge in [0.15, 0.2) is 11.3 Å². The summed E-state index contributed by atoms with van der Waals surface area (Å²) in [5, 5.41) is 21.8. The quantitative estimate of drug-likeness (QED) is 0.674. The second kappa shape index (κ2) is 4.92. The molecule has 0 saturated heterocycles. The number of hydrogen-bond acceptors (Lipinski definition) is 7. The second-order valence-electron chi connectivity index (χ2n) is 4.17. The molecule has 0 N–H and O–H groups in total. The van der Waals surface area contributed by atoms with E-state index < -0.39 is 23.5 Å². The third-order valence-corrected chi connectivity index (χ3v) is 3.14. The van der Waals surface area contributed by atoms with E-state index in [2.05, 4.69) is 5.16 Å². The van der Waals surface area contributed by atoms with Crippen molar-refractivity contribution in [1.29, 1.82) is 10.5 Å². The van der Waals surface area contributed by atoms with E-state index in [0.29, 0.717) is 5.84 Å². The summed E-state index contributed by atoms with van der Waals surface area (Å²) in [4.78, 5) is 18.7. The summed E-state index contributed by atoms with van der Waals surface area (Å²) in [7, 11) is 2.87. The summed E-state index contributed by atoms with van der Waals surface area (Å²) in [6.07, 6.45) is -0.839. The minimum Gasteiger partial charge on any atom is -0.468 e. The maximum absolute atomic E-state index is 12.0. The average molecular weight is 250 g/mol. The van der Waals surface area contributed by atoms with E-state index in [0.717, 1.165) is 0 Å². The fourth-order valence-corrected chi connectivity index (χ4v) is 1.82. The maximum Gasteiger partial charge on any atom is 0.319 e. The van der Waals surface area contributed by atoms with Gasteiger partial charge in [0.05, 0.1) is 19.2 Å². The van der Waals surface area contributed by atoms with Crippen molar-refractivity contribution in [2.24, 2.45) is 16.5 Å². The molecule has 18 heavy (non-hydrogen) atoms. The number of amidine groups is 1. The number of nitrogens with zero attached hydrogens (tertiary/aromatic N) is 4. The van der Waals surface area contributed by atoms with Crippen molar-refractivity contribution in [1.82, 2.24) is 4.90 Å². The van der Waals surface area contributed by atoms with Crippen LogP contribution in [0.4, 0.5) is 0 Å². The van der Waals surface area contributed by atoms with Crippen LogP contribution in [0.15, 0.2) is 5.16 Å². The van der Waals surface area contributed by atoms with E-state index in [1.165, 1.54) is 14.0 Å². The predicted octanol–water partition coefficient (Wildman–Crippen LogP) is 0.451. The van der Waals surface area contributed by atoms with E-state index in [1.807, 2.05) is 0 Å². The highest BCUT2D eigenvalue weighted by molar-refractivity contribution is 5.83. The van der Waals surface area contributed by atoms with E-state index in [-0.39, 0.29) is 0 Å². The van der Waals surface area contributed by atoms with Crippen molar-refractivity contribution in [2.45, 2.75) is 20.1 Å². The molecule has 1 aliphatic heterocycles. The molecule has 2 unspecified atom stereocenters. The average Bonchev–Trinajstić information content (AvgIpc) is 2.70. The van der Waals surface area contributed by atoms with Gasteiger partial charge in [-0.15, -0.1) is 0 Å². The molecule has 1 aliphatic rings. The zero-order valence-electron chi connectivity index (χ0n) is 10.7. The molecule has 0 amide bonds. The zero-order valence-corrected chi connectivity index (χ0v) is 10.7. The Labute approximate surface area is 105 Å². The predicted molar refractivity (Wildman–Crippen MR) is 60.6 cm³/mol. The van der Waals surface area contributed by atoms with Crippen molar-refractivity contribution < 1.29 is 14.4 Å². The Kier molecular flexibility index (Phi) is 3.77. The Hall–Kier alpha value is -2.28. The van der Waals surface area contributed by atoms with E-state index in [9.17, 15) is 4.79 Å². The fourth-order valence-electron chi connectivity index (χ4n) is 1.82. The molecular weight excluding hydrogens is 236 g/mol. The number of oxime groups is 1. The number of nitriles is 2. The van der Waals surface area contributed by atoms with Crippen LogP contribution in [-0.2, 0) is 14.4 Å². The molecule has 0 aromatic carbocycles. The number of rotatable bonds is 3. The van der Waals surface area contributed by atoms with Crippen LogP contribution in [0, 0.1) is 34.0 Å². The molecule has 0 radical (unpaired) electrons. The topological polar surface area (TPSA) is 98.7 Å². The number of carbonyl (C=O) groups excluding carboxylic acids is 1. The van der Waals surface area contributed by atoms with Crippen LogP contribution in [-0.4, -0.2) is 37.1 Å². The van der Waals surface area contributed by atoms with Crippen molar-refractivity contribution in [3.63, 3.8) is 0 Å². The Morgan fingerprint density at radius 3 is 2.50 bits per heavy atom. The minimum atomic E-state index is -1.44. The molecule has 0 aliphatic carbocycles. The van der Waals surface area contributed by atoms with Crippen molar-refractivity contribution in [3.05, 3.63) is 0 Å². The SMILES string of the molecule is COC(=O)C(C)(C(C#N)C#N)C1ON=C(C)N1C. The van der Waals surface area contributed by atoms with Crippen LogP contribution in [0.3, 0.4) is 0 Å². The van der Waals surface area contributed by atoms with Gasteiger partial charge in [0.2, 0.25) is 6.23 Å². The first-order valence-corrected chi connectivity index (χ1v) is 5.24. The highest BCUT2D eigenvalue weighted by Gasteiger charge is 2.55. The number of hydrogen-bond donors (Lipinski definition) is 0. The van der Waals surface area contributed by atoms with Gasteiger partial charge in [-0.2, -0.15) is 10.5 Å². The summed E-state index contributed by atoms with van der Waals surface area (Å²) in [6.45, 7) is 3.16. The summed E-state index contributed by atoms with van der Waals surface area (Å²) >= 11 is 0. The summed E-state index contributed by atoms with van der Waals surface area (Å²) in [5.74, 6) is -1.32. The summed E-state index contributed by atoms with van der Waals surface area (Å²) in [5.41, 5.74) is -1.44. The maximum atomic E-state index is 12.0. The van der Waals surface area contributed by atoms with Gasteiger partial charge in [0.1, 0.15) is 5.84 Å². The van der Waals surface area contributed by atoms with Crippen molar-refractivity contribution in [3.8, 4) is 12.1 Å². The standard InChI is InChI=1S/C11H14N4O3/c1-7-14-18-9(15(7)3)11(2,10(16)17-4)8(5-12)6-13/h8-9H,1-4H3. The van der Waals surface area contributed by atoms with Crippen LogP contribution in [0.5, 0.6) is 0 Å². The molecule has 2 atom stereocenters. The van der Waals surface area contributed by atoms with Crippen LogP contribution in [0.1, 0.15) is 13.8 Å². The van der Waals surface area contributed by atoms with Crippen LogP contribution >= 0.6 is 0 Å². The highest BCUT2D eigenvalue weighted by atomic mass is 16.7. The zero-order chi connectivity index (χ0) is 13.9. The number of carbonyl (C=O) groups is 1. The van der Waals surface area contributed by atoms with Gasteiger partial charge in [-0.25, -0.2) is 0 Å². The number of esters is 1. The lowest BCUT2D eigenvalue weighted by Crippen LogP contribution is -2.52. The van der Waals surface area contributed by atoms with Crippen molar-refractivity contribution in [2.75, 3.05) is 14.2 Å². The Balaban J connectivity index is 3.20. The van der Waals surface area contributed by atoms with Crippen LogP contribution < -0.4 is 0 Å². The molecule has 0 aromatic heterocycles. The van der Waals surface area contributed by atoms with E-state index >= 15 is 0 Å². The smallest absolute Gasteiger partial charge is 0.319 e. The second-order valence-corrected chi connectivity index (χ2v) is 4.17. The first-order chi connectivity index (χ1) is 8.43. The molecule has 0 saturated carbocycles. The van der Waals surface area contributed by atoms with E-state index in [1.54, 1.807) is 31.0 Å². The van der Waals surface area contributed by atoms with Gasteiger partial charge in [0, 0.05) is 7.05 Å². The lowest BCUT2D eigenvalue weighted by Gasteiger charge is -2.35. The minimum absolute atomic E-state index is 0.560. The summed E-state index contributed by atoms with van der Waals surface area (Å²) < 4.78 is 4.70. The van der Waals surface area contributed by atoms with Crippen molar-refractivity contribution >= 4 is 11.8 Å². The Morgan fingerprint density at radius 2 is 2.17 bits per heavy atom. The largest absolute Gasteiger partial charge is 0.468 e. The molecule has 1 rings (SSSR count). The van der Waals surface area contributed by atoms with Gasteiger partial charge in [-0.1, -0.05) is 5.16 Å². The molecular formula is C11H14N4O3. The monoisotopic (exact) mass is 250 g/mol. The molecule has 7 nitrogen and oxygen atoms in total. The fraction of sp³-hybridized carbons (Fsp3) is 0.636. The Morgan fingerprint density at radius 1 is 1.61 bits per heavy atom. The number of ether oxygens (including phenoxy) is 1. The van der Waals surface area contributed by atoms with Crippen LogP contribution in [0.2, 0.25) is 0 Å². The van der Waals surface area contributed by atoms with Gasteiger partial charge >= 0.3 is 5.97 Å². The number of methoxy groups -OCH3 is 1. The molecule has 0 spiro atoms. The third-order valence-electron chi connectivity index (χ3n) is 3.14. The third kappa shape index (κ3) is 1.84.